The number of methoxy groups -OCH3 is 2. The Kier molecular flexibility index (Phi) is 4.37. The Morgan fingerprint density at radius 2 is 2.00 bits per heavy atom. The maximum atomic E-state index is 11.0. The highest BCUT2D eigenvalue weighted by Crippen LogP contribution is 2.41. The van der Waals surface area contributed by atoms with Crippen molar-refractivity contribution >= 4 is 11.7 Å². The van der Waals surface area contributed by atoms with Gasteiger partial charge in [0.2, 0.25) is 0 Å². The number of benzene rings is 1. The minimum absolute atomic E-state index is 0.122. The van der Waals surface area contributed by atoms with E-state index in [9.17, 15) is 4.79 Å². The van der Waals surface area contributed by atoms with Crippen LogP contribution >= 0.6 is 0 Å². The number of hydrogen-bond acceptors (Lipinski definition) is 4. The molecule has 0 saturated carbocycles. The van der Waals surface area contributed by atoms with E-state index >= 15 is 0 Å². The average Bonchev–Trinajstić information content (AvgIpc) is 2.57. The number of carbonyl (C=O) groups is 1. The number of carboxylic acid groups (broad SMARTS) is 1. The number of rotatable bonds is 4. The van der Waals surface area contributed by atoms with Crippen LogP contribution in [-0.2, 0) is 11.2 Å². The number of fused-ring (bicyclic) bond motifs is 1. The van der Waals surface area contributed by atoms with Crippen molar-refractivity contribution in [3.63, 3.8) is 0 Å². The van der Waals surface area contributed by atoms with Gasteiger partial charge in [0, 0.05) is 25.6 Å². The predicted molar refractivity (Wildman–Crippen MR) is 76.9 cm³/mol. The molecule has 0 saturated heterocycles. The normalized spacial score (nSPS) is 18.1. The molecule has 0 aliphatic carbocycles. The highest BCUT2D eigenvalue weighted by atomic mass is 16.5. The van der Waals surface area contributed by atoms with Gasteiger partial charge >= 0.3 is 5.97 Å². The summed E-state index contributed by atoms with van der Waals surface area (Å²) in [6.07, 6.45) is 1.74. The third-order valence-corrected chi connectivity index (χ3v) is 3.85. The number of aliphatic carboxylic acids is 1. The number of hydrogen-bond donors (Lipinski definition) is 1. The first-order valence-electron chi connectivity index (χ1n) is 6.73. The fourth-order valence-corrected chi connectivity index (χ4v) is 2.87. The molecular formula is C15H21NO4. The smallest absolute Gasteiger partial charge is 0.303 e. The number of anilines is 1. The lowest BCUT2D eigenvalue weighted by molar-refractivity contribution is -0.138. The second kappa shape index (κ2) is 6.03. The van der Waals surface area contributed by atoms with Crippen LogP contribution in [0.2, 0.25) is 0 Å². The summed E-state index contributed by atoms with van der Waals surface area (Å²) in [4.78, 5) is 13.1. The Morgan fingerprint density at radius 1 is 1.35 bits per heavy atom. The molecule has 0 bridgehead atoms. The fraction of sp³-hybridized carbons (Fsp3) is 0.533. The van der Waals surface area contributed by atoms with Gasteiger partial charge in [-0.25, -0.2) is 0 Å². The molecule has 0 radical (unpaired) electrons. The highest BCUT2D eigenvalue weighted by molar-refractivity contribution is 5.70. The van der Waals surface area contributed by atoms with Crippen molar-refractivity contribution < 1.29 is 19.4 Å². The maximum Gasteiger partial charge on any atom is 0.303 e. The summed E-state index contributed by atoms with van der Waals surface area (Å²) < 4.78 is 10.9. The van der Waals surface area contributed by atoms with Crippen molar-refractivity contribution in [3.05, 3.63) is 17.7 Å². The van der Waals surface area contributed by atoms with Crippen molar-refractivity contribution in [2.75, 3.05) is 32.7 Å². The summed E-state index contributed by atoms with van der Waals surface area (Å²) in [5.41, 5.74) is 2.05. The summed E-state index contributed by atoms with van der Waals surface area (Å²) in [6, 6.07) is 3.78. The van der Waals surface area contributed by atoms with Crippen molar-refractivity contribution in [2.24, 2.45) is 5.92 Å². The number of carboxylic acids is 1. The zero-order valence-electron chi connectivity index (χ0n) is 12.2. The molecule has 5 nitrogen and oxygen atoms in total. The zero-order chi connectivity index (χ0) is 14.7. The molecule has 0 spiro atoms. The molecule has 20 heavy (non-hydrogen) atoms. The van der Waals surface area contributed by atoms with E-state index < -0.39 is 5.97 Å². The molecule has 1 N–H and O–H groups in total. The first-order chi connectivity index (χ1) is 9.56. The molecule has 2 rings (SSSR count). The second-order valence-corrected chi connectivity index (χ2v) is 5.18. The average molecular weight is 279 g/mol. The van der Waals surface area contributed by atoms with E-state index in [1.807, 2.05) is 19.2 Å². The predicted octanol–water partition coefficient (Wildman–Crippen LogP) is 2.18. The van der Waals surface area contributed by atoms with E-state index in [1.165, 1.54) is 0 Å². The zero-order valence-corrected chi connectivity index (χ0v) is 12.2. The van der Waals surface area contributed by atoms with E-state index in [2.05, 4.69) is 4.90 Å². The Morgan fingerprint density at radius 3 is 2.60 bits per heavy atom. The third kappa shape index (κ3) is 2.81. The SMILES string of the molecule is COc1ccc(OC)c2c1CC(CC(=O)O)CCN2C. The number of nitrogens with zero attached hydrogens (tertiary/aromatic N) is 1. The van der Waals surface area contributed by atoms with E-state index in [0.29, 0.717) is 6.42 Å². The van der Waals surface area contributed by atoms with Gasteiger partial charge in [-0.3, -0.25) is 4.79 Å². The van der Waals surface area contributed by atoms with Crippen LogP contribution in [0.5, 0.6) is 11.5 Å². The van der Waals surface area contributed by atoms with Crippen molar-refractivity contribution in [3.8, 4) is 11.5 Å². The fourth-order valence-electron chi connectivity index (χ4n) is 2.87. The lowest BCUT2D eigenvalue weighted by atomic mass is 9.93. The van der Waals surface area contributed by atoms with Crippen LogP contribution in [0.15, 0.2) is 12.1 Å². The third-order valence-electron chi connectivity index (χ3n) is 3.85. The van der Waals surface area contributed by atoms with Crippen LogP contribution in [0.25, 0.3) is 0 Å². The van der Waals surface area contributed by atoms with Gasteiger partial charge < -0.3 is 19.5 Å². The summed E-state index contributed by atoms with van der Waals surface area (Å²) in [5, 5.41) is 9.03. The van der Waals surface area contributed by atoms with Crippen LogP contribution in [0.1, 0.15) is 18.4 Å². The highest BCUT2D eigenvalue weighted by Gasteiger charge is 2.26. The molecule has 0 fully saturated rings. The molecule has 5 heteroatoms. The van der Waals surface area contributed by atoms with Crippen molar-refractivity contribution in [2.45, 2.75) is 19.3 Å². The van der Waals surface area contributed by atoms with E-state index in [1.54, 1.807) is 14.2 Å². The molecule has 1 aromatic rings. The molecule has 0 amide bonds. The molecular weight excluding hydrogens is 258 g/mol. The summed E-state index contributed by atoms with van der Waals surface area (Å²) in [6.45, 7) is 0.814. The molecule has 1 unspecified atom stereocenters. The van der Waals surface area contributed by atoms with Crippen LogP contribution in [0, 0.1) is 5.92 Å². The first-order valence-corrected chi connectivity index (χ1v) is 6.73. The van der Waals surface area contributed by atoms with Crippen LogP contribution in [0.4, 0.5) is 5.69 Å². The van der Waals surface area contributed by atoms with Gasteiger partial charge in [0.05, 0.1) is 19.9 Å². The van der Waals surface area contributed by atoms with Gasteiger partial charge in [0.15, 0.2) is 0 Å². The van der Waals surface area contributed by atoms with E-state index in [-0.39, 0.29) is 12.3 Å². The topological polar surface area (TPSA) is 59.0 Å². The van der Waals surface area contributed by atoms with E-state index in [0.717, 1.165) is 35.7 Å². The molecule has 1 atom stereocenters. The van der Waals surface area contributed by atoms with Crippen LogP contribution in [-0.4, -0.2) is 38.9 Å². The summed E-state index contributed by atoms with van der Waals surface area (Å²) in [7, 11) is 5.29. The molecule has 1 aromatic carbocycles. The van der Waals surface area contributed by atoms with Gasteiger partial charge in [-0.15, -0.1) is 0 Å². The van der Waals surface area contributed by atoms with Gasteiger partial charge in [-0.05, 0) is 30.9 Å². The lowest BCUT2D eigenvalue weighted by Gasteiger charge is -2.23. The molecule has 110 valence electrons. The van der Waals surface area contributed by atoms with Crippen molar-refractivity contribution in [1.29, 1.82) is 0 Å². The summed E-state index contributed by atoms with van der Waals surface area (Å²) >= 11 is 0. The largest absolute Gasteiger partial charge is 0.496 e. The molecule has 1 aliphatic heterocycles. The van der Waals surface area contributed by atoms with Crippen LogP contribution < -0.4 is 14.4 Å². The molecule has 1 aliphatic rings. The van der Waals surface area contributed by atoms with E-state index in [4.69, 9.17) is 14.6 Å². The van der Waals surface area contributed by atoms with Crippen molar-refractivity contribution in [1.82, 2.24) is 0 Å². The monoisotopic (exact) mass is 279 g/mol. The van der Waals surface area contributed by atoms with Crippen LogP contribution in [0.3, 0.4) is 0 Å². The molecule has 1 heterocycles. The van der Waals surface area contributed by atoms with Gasteiger partial charge in [0.1, 0.15) is 11.5 Å². The van der Waals surface area contributed by atoms with Gasteiger partial charge in [-0.1, -0.05) is 0 Å². The first kappa shape index (κ1) is 14.5. The minimum Gasteiger partial charge on any atom is -0.496 e. The van der Waals surface area contributed by atoms with Gasteiger partial charge in [-0.2, -0.15) is 0 Å². The summed E-state index contributed by atoms with van der Waals surface area (Å²) in [5.74, 6) is 0.976. The number of ether oxygens (including phenoxy) is 2. The quantitative estimate of drug-likeness (QED) is 0.915. The maximum absolute atomic E-state index is 11.0. The second-order valence-electron chi connectivity index (χ2n) is 5.18. The molecule has 0 aromatic heterocycles. The Hall–Kier alpha value is -1.91. The standard InChI is InChI=1S/C15H21NO4/c1-16-7-6-10(9-14(17)18)8-11-12(19-2)4-5-13(20-3)15(11)16/h4-5,10H,6-9H2,1-3H3,(H,17,18). The lowest BCUT2D eigenvalue weighted by Crippen LogP contribution is -2.20. The Balaban J connectivity index is 2.45. The Bertz CT molecular complexity index is 501. The van der Waals surface area contributed by atoms with Gasteiger partial charge in [0.25, 0.3) is 0 Å². The Labute approximate surface area is 119 Å². The minimum atomic E-state index is -0.747.